The van der Waals surface area contributed by atoms with Gasteiger partial charge in [0.1, 0.15) is 0 Å². The van der Waals surface area contributed by atoms with Gasteiger partial charge in [-0.15, -0.1) is 12.3 Å². The highest BCUT2D eigenvalue weighted by molar-refractivity contribution is 4.85. The van der Waals surface area contributed by atoms with Crippen LogP contribution in [0.4, 0.5) is 0 Å². The summed E-state index contributed by atoms with van der Waals surface area (Å²) < 4.78 is 0. The lowest BCUT2D eigenvalue weighted by Crippen LogP contribution is -2.34. The van der Waals surface area contributed by atoms with Crippen molar-refractivity contribution in [3.63, 3.8) is 0 Å². The Morgan fingerprint density at radius 1 is 1.13 bits per heavy atom. The summed E-state index contributed by atoms with van der Waals surface area (Å²) in [6, 6.07) is 0.409. The molecule has 0 saturated heterocycles. The van der Waals surface area contributed by atoms with Crippen LogP contribution in [0.2, 0.25) is 0 Å². The monoisotopic (exact) mass is 210 g/mol. The predicted octanol–water partition coefficient (Wildman–Crippen LogP) is 2.98. The summed E-state index contributed by atoms with van der Waals surface area (Å²) in [6.07, 6.45) is 16.2. The molecule has 1 atom stereocenters. The Hall–Kier alpha value is -0.520. The first-order chi connectivity index (χ1) is 7.35. The third-order valence-electron chi connectivity index (χ3n) is 2.78. The summed E-state index contributed by atoms with van der Waals surface area (Å²) in [5, 5.41) is 0. The number of terminal acetylenes is 1. The maximum absolute atomic E-state index is 5.46. The molecular formula is C13H26N2. The van der Waals surface area contributed by atoms with E-state index in [1.54, 1.807) is 0 Å². The molecule has 2 nitrogen and oxygen atoms in total. The standard InChI is InChI=1S/C13H26N2/c1-3-5-7-8-9-10-12-13(15-14)11-6-4-2/h2,13,15H,3,5-12,14H2,1H3. The van der Waals surface area contributed by atoms with Gasteiger partial charge in [0, 0.05) is 12.5 Å². The average Bonchev–Trinajstić information content (AvgIpc) is 2.27. The molecule has 0 aliphatic carbocycles. The molecule has 88 valence electrons. The van der Waals surface area contributed by atoms with Crippen molar-refractivity contribution in [3.05, 3.63) is 0 Å². The number of unbranched alkanes of at least 4 members (excludes halogenated alkanes) is 5. The molecule has 0 aromatic rings. The van der Waals surface area contributed by atoms with Crippen LogP contribution in [0.25, 0.3) is 0 Å². The minimum atomic E-state index is 0.409. The molecule has 0 aromatic carbocycles. The van der Waals surface area contributed by atoms with Crippen molar-refractivity contribution < 1.29 is 0 Å². The zero-order chi connectivity index (χ0) is 11.4. The van der Waals surface area contributed by atoms with E-state index in [2.05, 4.69) is 18.3 Å². The SMILES string of the molecule is C#CCCC(CCCCCCCC)NN. The number of rotatable bonds is 10. The molecule has 0 bridgehead atoms. The number of hydrogen-bond donors (Lipinski definition) is 2. The predicted molar refractivity (Wildman–Crippen MR) is 67.2 cm³/mol. The highest BCUT2D eigenvalue weighted by Crippen LogP contribution is 2.10. The molecule has 0 radical (unpaired) electrons. The van der Waals surface area contributed by atoms with Gasteiger partial charge in [0.25, 0.3) is 0 Å². The molecule has 0 aromatic heterocycles. The van der Waals surface area contributed by atoms with Gasteiger partial charge in [0.05, 0.1) is 0 Å². The molecule has 0 aliphatic rings. The van der Waals surface area contributed by atoms with Crippen LogP contribution in [-0.2, 0) is 0 Å². The van der Waals surface area contributed by atoms with Crippen LogP contribution in [0.5, 0.6) is 0 Å². The first-order valence-corrected chi connectivity index (χ1v) is 6.24. The van der Waals surface area contributed by atoms with Crippen molar-refractivity contribution in [2.24, 2.45) is 5.84 Å². The van der Waals surface area contributed by atoms with Crippen molar-refractivity contribution in [1.82, 2.24) is 5.43 Å². The van der Waals surface area contributed by atoms with Crippen molar-refractivity contribution in [3.8, 4) is 12.3 Å². The van der Waals surface area contributed by atoms with E-state index in [1.165, 1.54) is 38.5 Å². The number of nitrogens with one attached hydrogen (secondary N) is 1. The fourth-order valence-corrected chi connectivity index (χ4v) is 1.74. The molecule has 0 heterocycles. The second-order valence-corrected chi connectivity index (χ2v) is 4.16. The highest BCUT2D eigenvalue weighted by Gasteiger charge is 2.04. The van der Waals surface area contributed by atoms with Crippen molar-refractivity contribution >= 4 is 0 Å². The Bertz CT molecular complexity index is 160. The van der Waals surface area contributed by atoms with Crippen LogP contribution >= 0.6 is 0 Å². The van der Waals surface area contributed by atoms with Gasteiger partial charge in [-0.1, -0.05) is 45.4 Å². The molecule has 0 rings (SSSR count). The van der Waals surface area contributed by atoms with E-state index in [9.17, 15) is 0 Å². The van der Waals surface area contributed by atoms with Crippen LogP contribution in [0.3, 0.4) is 0 Å². The Morgan fingerprint density at radius 3 is 2.40 bits per heavy atom. The lowest BCUT2D eigenvalue weighted by atomic mass is 10.0. The molecule has 15 heavy (non-hydrogen) atoms. The number of nitrogens with two attached hydrogens (primary N) is 1. The normalized spacial score (nSPS) is 12.3. The Kier molecular flexibility index (Phi) is 11.2. The van der Waals surface area contributed by atoms with E-state index < -0.39 is 0 Å². The third-order valence-corrected chi connectivity index (χ3v) is 2.78. The van der Waals surface area contributed by atoms with Gasteiger partial charge in [-0.3, -0.25) is 11.3 Å². The summed E-state index contributed by atoms with van der Waals surface area (Å²) in [4.78, 5) is 0. The second kappa shape index (κ2) is 11.6. The maximum Gasteiger partial charge on any atom is 0.0219 e. The van der Waals surface area contributed by atoms with Gasteiger partial charge < -0.3 is 0 Å². The van der Waals surface area contributed by atoms with Crippen LogP contribution in [0, 0.1) is 12.3 Å². The first-order valence-electron chi connectivity index (χ1n) is 6.24. The van der Waals surface area contributed by atoms with Gasteiger partial charge in [-0.25, -0.2) is 0 Å². The third kappa shape index (κ3) is 9.78. The molecule has 0 aliphatic heterocycles. The van der Waals surface area contributed by atoms with E-state index in [-0.39, 0.29) is 0 Å². The molecular weight excluding hydrogens is 184 g/mol. The summed E-state index contributed by atoms with van der Waals surface area (Å²) in [6.45, 7) is 2.24. The van der Waals surface area contributed by atoms with E-state index in [4.69, 9.17) is 12.3 Å². The molecule has 3 N–H and O–H groups in total. The quantitative estimate of drug-likeness (QED) is 0.252. The Balaban J connectivity index is 3.27. The minimum Gasteiger partial charge on any atom is -0.271 e. The maximum atomic E-state index is 5.46. The zero-order valence-corrected chi connectivity index (χ0v) is 10.1. The topological polar surface area (TPSA) is 38.0 Å². The van der Waals surface area contributed by atoms with Gasteiger partial charge >= 0.3 is 0 Å². The largest absolute Gasteiger partial charge is 0.271 e. The summed E-state index contributed by atoms with van der Waals surface area (Å²) in [5.74, 6) is 8.11. The number of hydrogen-bond acceptors (Lipinski definition) is 2. The smallest absolute Gasteiger partial charge is 0.0219 e. The highest BCUT2D eigenvalue weighted by atomic mass is 15.2. The van der Waals surface area contributed by atoms with E-state index >= 15 is 0 Å². The molecule has 0 spiro atoms. The minimum absolute atomic E-state index is 0.409. The summed E-state index contributed by atoms with van der Waals surface area (Å²) >= 11 is 0. The van der Waals surface area contributed by atoms with Gasteiger partial charge in [-0.2, -0.15) is 0 Å². The van der Waals surface area contributed by atoms with Gasteiger partial charge in [0.2, 0.25) is 0 Å². The van der Waals surface area contributed by atoms with E-state index in [1.807, 2.05) is 0 Å². The number of hydrazine groups is 1. The van der Waals surface area contributed by atoms with Crippen molar-refractivity contribution in [1.29, 1.82) is 0 Å². The van der Waals surface area contributed by atoms with Crippen LogP contribution in [-0.4, -0.2) is 6.04 Å². The van der Waals surface area contributed by atoms with Crippen molar-refractivity contribution in [2.45, 2.75) is 70.8 Å². The first kappa shape index (κ1) is 14.5. The molecule has 2 heteroatoms. The average molecular weight is 210 g/mol. The zero-order valence-electron chi connectivity index (χ0n) is 10.1. The second-order valence-electron chi connectivity index (χ2n) is 4.16. The lowest BCUT2D eigenvalue weighted by Gasteiger charge is -2.13. The molecule has 0 amide bonds. The molecule has 0 saturated carbocycles. The van der Waals surface area contributed by atoms with E-state index in [0.29, 0.717) is 6.04 Å². The Labute approximate surface area is 95.0 Å². The molecule has 1 unspecified atom stereocenters. The van der Waals surface area contributed by atoms with Gasteiger partial charge in [0.15, 0.2) is 0 Å². The summed E-state index contributed by atoms with van der Waals surface area (Å²) in [7, 11) is 0. The summed E-state index contributed by atoms with van der Waals surface area (Å²) in [5.41, 5.74) is 2.84. The van der Waals surface area contributed by atoms with Crippen molar-refractivity contribution in [2.75, 3.05) is 0 Å². The molecule has 0 fully saturated rings. The fourth-order valence-electron chi connectivity index (χ4n) is 1.74. The lowest BCUT2D eigenvalue weighted by molar-refractivity contribution is 0.442. The Morgan fingerprint density at radius 2 is 1.80 bits per heavy atom. The van der Waals surface area contributed by atoms with Crippen LogP contribution < -0.4 is 11.3 Å². The van der Waals surface area contributed by atoms with Crippen LogP contribution in [0.1, 0.15) is 64.7 Å². The van der Waals surface area contributed by atoms with E-state index in [0.717, 1.165) is 19.3 Å². The van der Waals surface area contributed by atoms with Gasteiger partial charge in [-0.05, 0) is 12.8 Å². The fraction of sp³-hybridized carbons (Fsp3) is 0.846. The van der Waals surface area contributed by atoms with Crippen LogP contribution in [0.15, 0.2) is 0 Å².